The van der Waals surface area contributed by atoms with Gasteiger partial charge in [-0.1, -0.05) is 11.6 Å². The van der Waals surface area contributed by atoms with Crippen LogP contribution >= 0.6 is 11.6 Å². The lowest BCUT2D eigenvalue weighted by molar-refractivity contribution is 0.314. The third kappa shape index (κ3) is 3.14. The maximum atomic E-state index is 12.7. The summed E-state index contributed by atoms with van der Waals surface area (Å²) in [5.41, 5.74) is 0. The van der Waals surface area contributed by atoms with Crippen molar-refractivity contribution in [3.8, 4) is 0 Å². The summed E-state index contributed by atoms with van der Waals surface area (Å²) < 4.78 is 33.7. The molecule has 2 aromatic rings. The number of aromatic nitrogens is 2. The molecule has 0 saturated heterocycles. The molecule has 0 fully saturated rings. The van der Waals surface area contributed by atoms with Crippen molar-refractivity contribution in [2.75, 3.05) is 0 Å². The van der Waals surface area contributed by atoms with Crippen molar-refractivity contribution < 1.29 is 12.8 Å². The monoisotopic (exact) mass is 331 g/mol. The SMILES string of the molecule is Cc1ccc(CN(C(C)C)S(=O)(=O)c2ncn(C)c2Cl)o1. The predicted octanol–water partition coefficient (Wildman–Crippen LogP) is 2.57. The molecular weight excluding hydrogens is 314 g/mol. The van der Waals surface area contributed by atoms with Crippen LogP contribution in [0.3, 0.4) is 0 Å². The standard InChI is InChI=1S/C13H18ClN3O3S/c1-9(2)17(7-11-6-5-10(3)20-11)21(18,19)13-12(14)16(4)8-15-13/h5-6,8-9H,7H2,1-4H3. The lowest BCUT2D eigenvalue weighted by Gasteiger charge is -2.24. The lowest BCUT2D eigenvalue weighted by atomic mass is 10.3. The van der Waals surface area contributed by atoms with Gasteiger partial charge in [-0.25, -0.2) is 13.4 Å². The molecule has 21 heavy (non-hydrogen) atoms. The first-order valence-electron chi connectivity index (χ1n) is 6.47. The molecule has 2 aromatic heterocycles. The fourth-order valence-corrected chi connectivity index (χ4v) is 3.94. The summed E-state index contributed by atoms with van der Waals surface area (Å²) in [7, 11) is -2.15. The van der Waals surface area contributed by atoms with Crippen LogP contribution in [0.5, 0.6) is 0 Å². The van der Waals surface area contributed by atoms with Gasteiger partial charge in [-0.3, -0.25) is 0 Å². The fourth-order valence-electron chi connectivity index (χ4n) is 1.95. The van der Waals surface area contributed by atoms with Gasteiger partial charge in [0.05, 0.1) is 12.9 Å². The van der Waals surface area contributed by atoms with Crippen molar-refractivity contribution in [3.05, 3.63) is 35.1 Å². The summed E-state index contributed by atoms with van der Waals surface area (Å²) in [4.78, 5) is 3.91. The molecule has 0 unspecified atom stereocenters. The third-order valence-electron chi connectivity index (χ3n) is 3.07. The molecule has 0 bridgehead atoms. The predicted molar refractivity (Wildman–Crippen MR) is 79.5 cm³/mol. The number of furan rings is 1. The average Bonchev–Trinajstić information content (AvgIpc) is 2.94. The van der Waals surface area contributed by atoms with Gasteiger partial charge in [0, 0.05) is 13.1 Å². The van der Waals surface area contributed by atoms with E-state index in [1.165, 1.54) is 15.2 Å². The smallest absolute Gasteiger partial charge is 0.264 e. The lowest BCUT2D eigenvalue weighted by Crippen LogP contribution is -2.36. The Bertz CT molecular complexity index is 734. The molecular formula is C13H18ClN3O3S. The van der Waals surface area contributed by atoms with E-state index in [1.54, 1.807) is 33.0 Å². The number of hydrogen-bond donors (Lipinski definition) is 0. The number of aryl methyl sites for hydroxylation is 2. The van der Waals surface area contributed by atoms with Gasteiger partial charge in [-0.05, 0) is 32.9 Å². The molecule has 0 aliphatic carbocycles. The number of halogens is 1. The van der Waals surface area contributed by atoms with Gasteiger partial charge in [-0.2, -0.15) is 4.31 Å². The molecule has 116 valence electrons. The zero-order valence-electron chi connectivity index (χ0n) is 12.4. The van der Waals surface area contributed by atoms with Gasteiger partial charge in [0.15, 0.2) is 0 Å². The van der Waals surface area contributed by atoms with Crippen LogP contribution in [-0.2, 0) is 23.6 Å². The number of hydrogen-bond acceptors (Lipinski definition) is 4. The maximum Gasteiger partial charge on any atom is 0.264 e. The van der Waals surface area contributed by atoms with Crippen LogP contribution in [0.15, 0.2) is 27.9 Å². The zero-order valence-corrected chi connectivity index (χ0v) is 13.9. The minimum Gasteiger partial charge on any atom is -0.465 e. The van der Waals surface area contributed by atoms with E-state index in [9.17, 15) is 8.42 Å². The highest BCUT2D eigenvalue weighted by molar-refractivity contribution is 7.89. The molecule has 0 radical (unpaired) electrons. The Morgan fingerprint density at radius 2 is 2.10 bits per heavy atom. The summed E-state index contributed by atoms with van der Waals surface area (Å²) in [5.74, 6) is 1.32. The topological polar surface area (TPSA) is 68.3 Å². The number of nitrogens with zero attached hydrogens (tertiary/aromatic N) is 3. The van der Waals surface area contributed by atoms with E-state index in [-0.39, 0.29) is 22.8 Å². The molecule has 6 nitrogen and oxygen atoms in total. The van der Waals surface area contributed by atoms with E-state index in [4.69, 9.17) is 16.0 Å². The largest absolute Gasteiger partial charge is 0.465 e. The first-order valence-corrected chi connectivity index (χ1v) is 8.29. The highest BCUT2D eigenvalue weighted by Crippen LogP contribution is 2.25. The maximum absolute atomic E-state index is 12.7. The van der Waals surface area contributed by atoms with Gasteiger partial charge in [0.25, 0.3) is 10.0 Å². The minimum atomic E-state index is -3.79. The molecule has 2 rings (SSSR count). The van der Waals surface area contributed by atoms with Gasteiger partial charge in [0.1, 0.15) is 16.7 Å². The highest BCUT2D eigenvalue weighted by atomic mass is 35.5. The summed E-state index contributed by atoms with van der Waals surface area (Å²) in [5, 5.41) is -0.0417. The fraction of sp³-hybridized carbons (Fsp3) is 0.462. The van der Waals surface area contributed by atoms with Crippen LogP contribution in [0.4, 0.5) is 0 Å². The summed E-state index contributed by atoms with van der Waals surface area (Å²) in [6.07, 6.45) is 1.38. The Balaban J connectivity index is 2.39. The van der Waals surface area contributed by atoms with Gasteiger partial charge >= 0.3 is 0 Å². The van der Waals surface area contributed by atoms with Crippen LogP contribution in [-0.4, -0.2) is 28.3 Å². The number of sulfonamides is 1. The van der Waals surface area contributed by atoms with Crippen molar-refractivity contribution in [1.82, 2.24) is 13.9 Å². The molecule has 0 spiro atoms. The van der Waals surface area contributed by atoms with Crippen LogP contribution in [0.1, 0.15) is 25.4 Å². The van der Waals surface area contributed by atoms with Gasteiger partial charge in [0.2, 0.25) is 5.03 Å². The van der Waals surface area contributed by atoms with Crippen LogP contribution in [0.25, 0.3) is 0 Å². The van der Waals surface area contributed by atoms with Gasteiger partial charge < -0.3 is 8.98 Å². The van der Waals surface area contributed by atoms with Crippen molar-refractivity contribution in [3.63, 3.8) is 0 Å². The second kappa shape index (κ2) is 5.82. The molecule has 0 saturated carbocycles. The van der Waals surface area contributed by atoms with E-state index in [0.717, 1.165) is 5.76 Å². The Labute approximate surface area is 129 Å². The molecule has 0 N–H and O–H groups in total. The average molecular weight is 332 g/mol. The van der Waals surface area contributed by atoms with Crippen LogP contribution in [0, 0.1) is 6.92 Å². The Hall–Kier alpha value is -1.31. The Morgan fingerprint density at radius 3 is 2.52 bits per heavy atom. The van der Waals surface area contributed by atoms with E-state index in [1.807, 2.05) is 6.92 Å². The summed E-state index contributed by atoms with van der Waals surface area (Å²) in [6.45, 7) is 5.54. The molecule has 0 aromatic carbocycles. The molecule has 8 heteroatoms. The second-order valence-corrected chi connectivity index (χ2v) is 7.27. The normalized spacial score (nSPS) is 12.5. The van der Waals surface area contributed by atoms with Crippen molar-refractivity contribution in [2.24, 2.45) is 7.05 Å². The van der Waals surface area contributed by atoms with E-state index < -0.39 is 10.0 Å². The molecule has 0 aliphatic heterocycles. The highest BCUT2D eigenvalue weighted by Gasteiger charge is 2.32. The first-order chi connectivity index (χ1) is 9.73. The molecule has 0 aliphatic rings. The molecule has 2 heterocycles. The second-order valence-electron chi connectivity index (χ2n) is 5.11. The Kier molecular flexibility index (Phi) is 4.46. The molecule has 0 amide bonds. The van der Waals surface area contributed by atoms with Gasteiger partial charge in [-0.15, -0.1) is 0 Å². The summed E-state index contributed by atoms with van der Waals surface area (Å²) >= 11 is 6.02. The van der Waals surface area contributed by atoms with E-state index in [0.29, 0.717) is 5.76 Å². The third-order valence-corrected chi connectivity index (χ3v) is 5.58. The summed E-state index contributed by atoms with van der Waals surface area (Å²) in [6, 6.07) is 3.31. The van der Waals surface area contributed by atoms with E-state index in [2.05, 4.69) is 4.98 Å². The van der Waals surface area contributed by atoms with Crippen molar-refractivity contribution in [1.29, 1.82) is 0 Å². The van der Waals surface area contributed by atoms with Crippen LogP contribution < -0.4 is 0 Å². The first kappa shape index (κ1) is 16.1. The minimum absolute atomic E-state index is 0.0938. The Morgan fingerprint density at radius 1 is 1.43 bits per heavy atom. The van der Waals surface area contributed by atoms with E-state index >= 15 is 0 Å². The van der Waals surface area contributed by atoms with Crippen molar-refractivity contribution in [2.45, 2.75) is 38.4 Å². The van der Waals surface area contributed by atoms with Crippen molar-refractivity contribution >= 4 is 21.6 Å². The number of imidazole rings is 1. The van der Waals surface area contributed by atoms with Crippen LogP contribution in [0.2, 0.25) is 5.15 Å². The zero-order chi connectivity index (χ0) is 15.8. The molecule has 0 atom stereocenters. The number of rotatable bonds is 5. The quantitative estimate of drug-likeness (QED) is 0.844.